The van der Waals surface area contributed by atoms with E-state index in [0.717, 1.165) is 18.8 Å². The van der Waals surface area contributed by atoms with Crippen LogP contribution >= 0.6 is 11.8 Å². The fourth-order valence-electron chi connectivity index (χ4n) is 1.30. The van der Waals surface area contributed by atoms with Crippen molar-refractivity contribution in [2.24, 2.45) is 11.1 Å². The van der Waals surface area contributed by atoms with Crippen molar-refractivity contribution < 1.29 is 4.79 Å². The molecule has 1 heterocycles. The quantitative estimate of drug-likeness (QED) is 0.727. The summed E-state index contributed by atoms with van der Waals surface area (Å²) in [4.78, 5) is 13.4. The van der Waals surface area contributed by atoms with Crippen LogP contribution in [-0.4, -0.2) is 41.9 Å². The van der Waals surface area contributed by atoms with Gasteiger partial charge in [-0.1, -0.05) is 13.8 Å². The number of nitrogens with zero attached hydrogens (tertiary/aromatic N) is 1. The van der Waals surface area contributed by atoms with Gasteiger partial charge in [0, 0.05) is 18.8 Å². The first-order chi connectivity index (χ1) is 6.05. The first-order valence-electron chi connectivity index (χ1n) is 4.61. The Morgan fingerprint density at radius 1 is 1.62 bits per heavy atom. The van der Waals surface area contributed by atoms with E-state index in [1.807, 2.05) is 4.90 Å². The van der Waals surface area contributed by atoms with Crippen molar-refractivity contribution in [3.05, 3.63) is 0 Å². The maximum absolute atomic E-state index is 11.5. The molecule has 1 aliphatic rings. The van der Waals surface area contributed by atoms with Crippen LogP contribution in [0.3, 0.4) is 0 Å². The molecule has 1 fully saturated rings. The Labute approximate surface area is 84.0 Å². The molecule has 0 aliphatic carbocycles. The van der Waals surface area contributed by atoms with Gasteiger partial charge in [0.1, 0.15) is 0 Å². The summed E-state index contributed by atoms with van der Waals surface area (Å²) in [5, 5.41) is 0. The summed E-state index contributed by atoms with van der Waals surface area (Å²) in [7, 11) is 0. The van der Waals surface area contributed by atoms with E-state index in [0.29, 0.717) is 12.3 Å². The Kier molecular flexibility index (Phi) is 3.62. The SMILES string of the molecule is CC(C)(CN)CN1CCSCC1=O. The third kappa shape index (κ3) is 3.19. The van der Waals surface area contributed by atoms with E-state index in [1.165, 1.54) is 0 Å². The van der Waals surface area contributed by atoms with E-state index in [1.54, 1.807) is 11.8 Å². The summed E-state index contributed by atoms with van der Waals surface area (Å²) in [6.07, 6.45) is 0. The van der Waals surface area contributed by atoms with Gasteiger partial charge in [-0.3, -0.25) is 4.79 Å². The van der Waals surface area contributed by atoms with Crippen LogP contribution < -0.4 is 5.73 Å². The predicted octanol–water partition coefficient (Wildman–Crippen LogP) is 0.547. The smallest absolute Gasteiger partial charge is 0.232 e. The first-order valence-corrected chi connectivity index (χ1v) is 5.76. The standard InChI is InChI=1S/C9H18N2OS/c1-9(2,6-10)7-11-3-4-13-5-8(11)12/h3-7,10H2,1-2H3. The lowest BCUT2D eigenvalue weighted by Crippen LogP contribution is -2.45. The number of hydrogen-bond donors (Lipinski definition) is 1. The third-order valence-electron chi connectivity index (χ3n) is 2.26. The van der Waals surface area contributed by atoms with Crippen LogP contribution in [0.25, 0.3) is 0 Å². The molecule has 1 aliphatic heterocycles. The molecule has 0 atom stereocenters. The van der Waals surface area contributed by atoms with Gasteiger partial charge in [0.05, 0.1) is 5.75 Å². The molecule has 2 N–H and O–H groups in total. The zero-order valence-corrected chi connectivity index (χ0v) is 9.19. The topological polar surface area (TPSA) is 46.3 Å². The molecule has 76 valence electrons. The molecule has 1 rings (SSSR count). The molecule has 0 radical (unpaired) electrons. The summed E-state index contributed by atoms with van der Waals surface area (Å²) < 4.78 is 0. The van der Waals surface area contributed by atoms with E-state index in [9.17, 15) is 4.79 Å². The van der Waals surface area contributed by atoms with Gasteiger partial charge in [0.25, 0.3) is 0 Å². The molecule has 1 saturated heterocycles. The van der Waals surface area contributed by atoms with Gasteiger partial charge >= 0.3 is 0 Å². The Bertz CT molecular complexity index is 194. The number of carbonyl (C=O) groups is 1. The lowest BCUT2D eigenvalue weighted by atomic mass is 9.93. The third-order valence-corrected chi connectivity index (χ3v) is 3.18. The maximum Gasteiger partial charge on any atom is 0.232 e. The largest absolute Gasteiger partial charge is 0.341 e. The number of rotatable bonds is 3. The molecule has 4 heteroatoms. The van der Waals surface area contributed by atoms with Crippen molar-refractivity contribution in [2.75, 3.05) is 31.1 Å². The van der Waals surface area contributed by atoms with E-state index < -0.39 is 0 Å². The number of nitrogens with two attached hydrogens (primary N) is 1. The monoisotopic (exact) mass is 202 g/mol. The molecule has 0 saturated carbocycles. The van der Waals surface area contributed by atoms with Gasteiger partial charge in [0.15, 0.2) is 0 Å². The molecule has 0 aromatic heterocycles. The van der Waals surface area contributed by atoms with Gasteiger partial charge in [0.2, 0.25) is 5.91 Å². The number of carbonyl (C=O) groups excluding carboxylic acids is 1. The Hall–Kier alpha value is -0.220. The molecule has 0 unspecified atom stereocenters. The Morgan fingerprint density at radius 2 is 2.31 bits per heavy atom. The summed E-state index contributed by atoms with van der Waals surface area (Å²) in [6.45, 7) is 6.50. The zero-order chi connectivity index (χ0) is 9.90. The van der Waals surface area contributed by atoms with Crippen LogP contribution in [0.1, 0.15) is 13.8 Å². The highest BCUT2D eigenvalue weighted by Gasteiger charge is 2.25. The molecule has 3 nitrogen and oxygen atoms in total. The molecule has 0 bridgehead atoms. The van der Waals surface area contributed by atoms with Crippen molar-refractivity contribution in [1.29, 1.82) is 0 Å². The van der Waals surface area contributed by atoms with E-state index in [4.69, 9.17) is 5.73 Å². The minimum atomic E-state index is 0.0532. The average Bonchev–Trinajstić information content (AvgIpc) is 2.09. The fraction of sp³-hybridized carbons (Fsp3) is 0.889. The molecule has 13 heavy (non-hydrogen) atoms. The second-order valence-electron chi connectivity index (χ2n) is 4.24. The summed E-state index contributed by atoms with van der Waals surface area (Å²) in [5.41, 5.74) is 5.68. The maximum atomic E-state index is 11.5. The highest BCUT2D eigenvalue weighted by molar-refractivity contribution is 8.00. The predicted molar refractivity (Wildman–Crippen MR) is 56.7 cm³/mol. The number of amides is 1. The van der Waals surface area contributed by atoms with Crippen molar-refractivity contribution in [2.45, 2.75) is 13.8 Å². The minimum Gasteiger partial charge on any atom is -0.341 e. The van der Waals surface area contributed by atoms with Crippen molar-refractivity contribution in [3.63, 3.8) is 0 Å². The van der Waals surface area contributed by atoms with Crippen LogP contribution in [-0.2, 0) is 4.79 Å². The molecule has 0 spiro atoms. The van der Waals surface area contributed by atoms with Crippen molar-refractivity contribution in [1.82, 2.24) is 4.90 Å². The number of hydrogen-bond acceptors (Lipinski definition) is 3. The van der Waals surface area contributed by atoms with Gasteiger partial charge in [-0.25, -0.2) is 0 Å². The highest BCUT2D eigenvalue weighted by Crippen LogP contribution is 2.18. The molecular weight excluding hydrogens is 184 g/mol. The normalized spacial score (nSPS) is 19.3. The van der Waals surface area contributed by atoms with Crippen LogP contribution in [0, 0.1) is 5.41 Å². The van der Waals surface area contributed by atoms with Gasteiger partial charge < -0.3 is 10.6 Å². The molecule has 0 aromatic carbocycles. The van der Waals surface area contributed by atoms with E-state index in [2.05, 4.69) is 13.8 Å². The first kappa shape index (κ1) is 10.9. The Morgan fingerprint density at radius 3 is 2.85 bits per heavy atom. The van der Waals surface area contributed by atoms with Gasteiger partial charge in [-0.15, -0.1) is 0 Å². The van der Waals surface area contributed by atoms with Crippen molar-refractivity contribution in [3.8, 4) is 0 Å². The second-order valence-corrected chi connectivity index (χ2v) is 5.34. The lowest BCUT2D eigenvalue weighted by Gasteiger charge is -2.33. The lowest BCUT2D eigenvalue weighted by molar-refractivity contribution is -0.129. The minimum absolute atomic E-state index is 0.0532. The van der Waals surface area contributed by atoms with Crippen LogP contribution in [0.2, 0.25) is 0 Å². The zero-order valence-electron chi connectivity index (χ0n) is 8.38. The van der Waals surface area contributed by atoms with E-state index >= 15 is 0 Å². The van der Waals surface area contributed by atoms with Gasteiger partial charge in [-0.05, 0) is 12.0 Å². The van der Waals surface area contributed by atoms with Crippen LogP contribution in [0.15, 0.2) is 0 Å². The average molecular weight is 202 g/mol. The number of thioether (sulfide) groups is 1. The highest BCUT2D eigenvalue weighted by atomic mass is 32.2. The van der Waals surface area contributed by atoms with Crippen LogP contribution in [0.4, 0.5) is 0 Å². The summed E-state index contributed by atoms with van der Waals surface area (Å²) in [5.74, 6) is 1.96. The fourth-order valence-corrected chi connectivity index (χ4v) is 2.15. The molecular formula is C9H18N2OS. The van der Waals surface area contributed by atoms with Gasteiger partial charge in [-0.2, -0.15) is 11.8 Å². The van der Waals surface area contributed by atoms with E-state index in [-0.39, 0.29) is 11.3 Å². The molecule has 1 amide bonds. The summed E-state index contributed by atoms with van der Waals surface area (Å²) >= 11 is 1.72. The van der Waals surface area contributed by atoms with Crippen LogP contribution in [0.5, 0.6) is 0 Å². The Balaban J connectivity index is 2.47. The van der Waals surface area contributed by atoms with Crippen molar-refractivity contribution >= 4 is 17.7 Å². The summed E-state index contributed by atoms with van der Waals surface area (Å²) in [6, 6.07) is 0. The molecule has 0 aromatic rings. The second kappa shape index (κ2) is 4.33.